The van der Waals surface area contributed by atoms with E-state index in [1.165, 1.54) is 12.1 Å². The van der Waals surface area contributed by atoms with E-state index < -0.39 is 23.3 Å². The molecule has 138 valence electrons. The van der Waals surface area contributed by atoms with Gasteiger partial charge in [-0.2, -0.15) is 0 Å². The third-order valence-corrected chi connectivity index (χ3v) is 5.06. The molecule has 3 rings (SSSR count). The van der Waals surface area contributed by atoms with Gasteiger partial charge in [-0.1, -0.05) is 30.0 Å². The van der Waals surface area contributed by atoms with E-state index in [2.05, 4.69) is 0 Å². The van der Waals surface area contributed by atoms with Crippen LogP contribution in [0, 0.1) is 17.0 Å². The molecule has 0 atom stereocenters. The summed E-state index contributed by atoms with van der Waals surface area (Å²) in [5.74, 6) is -1.10. The molecule has 1 fully saturated rings. The number of carboxylic acids is 1. The number of carbonyl (C=O) groups excluding carboxylic acids is 1. The molecule has 0 spiro atoms. The summed E-state index contributed by atoms with van der Waals surface area (Å²) in [6, 6.07) is 7.93. The van der Waals surface area contributed by atoms with Gasteiger partial charge in [0, 0.05) is 12.1 Å². The van der Waals surface area contributed by atoms with Gasteiger partial charge in [-0.15, -0.1) is 0 Å². The zero-order chi connectivity index (χ0) is 19.7. The molecule has 2 heterocycles. The Bertz CT molecular complexity index is 1010. The molecular weight excluding hydrogens is 392 g/mol. The lowest BCUT2D eigenvalue weighted by atomic mass is 10.1. The largest absolute Gasteiger partial charge is 0.480 e. The van der Waals surface area contributed by atoms with Gasteiger partial charge in [0.15, 0.2) is 0 Å². The Balaban J connectivity index is 1.91. The van der Waals surface area contributed by atoms with Crippen LogP contribution in [0.15, 0.2) is 39.7 Å². The Morgan fingerprint density at radius 3 is 2.81 bits per heavy atom. The highest BCUT2D eigenvalue weighted by molar-refractivity contribution is 8.26. The van der Waals surface area contributed by atoms with E-state index in [1.54, 1.807) is 31.2 Å². The van der Waals surface area contributed by atoms with Crippen molar-refractivity contribution in [1.29, 1.82) is 0 Å². The van der Waals surface area contributed by atoms with Crippen LogP contribution in [0.25, 0.3) is 17.4 Å². The predicted octanol–water partition coefficient (Wildman–Crippen LogP) is 3.45. The van der Waals surface area contributed by atoms with Crippen LogP contribution < -0.4 is 0 Å². The van der Waals surface area contributed by atoms with Crippen molar-refractivity contribution in [2.75, 3.05) is 6.54 Å². The van der Waals surface area contributed by atoms with Gasteiger partial charge >= 0.3 is 5.97 Å². The molecule has 0 unspecified atom stereocenters. The maximum Gasteiger partial charge on any atom is 0.323 e. The van der Waals surface area contributed by atoms with Crippen molar-refractivity contribution in [1.82, 2.24) is 4.90 Å². The Morgan fingerprint density at radius 2 is 2.15 bits per heavy atom. The van der Waals surface area contributed by atoms with E-state index in [0.29, 0.717) is 11.3 Å². The van der Waals surface area contributed by atoms with E-state index in [0.717, 1.165) is 22.2 Å². The number of hydrogen-bond acceptors (Lipinski definition) is 7. The van der Waals surface area contributed by atoms with Gasteiger partial charge in [-0.25, -0.2) is 0 Å². The van der Waals surface area contributed by atoms with Crippen LogP contribution in [0.3, 0.4) is 0 Å². The van der Waals surface area contributed by atoms with Gasteiger partial charge in [0.1, 0.15) is 22.4 Å². The summed E-state index contributed by atoms with van der Waals surface area (Å²) in [6.07, 6.45) is 1.44. The van der Waals surface area contributed by atoms with Crippen LogP contribution in [0.4, 0.5) is 5.69 Å². The quantitative estimate of drug-likeness (QED) is 0.349. The second kappa shape index (κ2) is 7.33. The number of nitro groups is 1. The zero-order valence-corrected chi connectivity index (χ0v) is 15.5. The summed E-state index contributed by atoms with van der Waals surface area (Å²) >= 11 is 6.00. The highest BCUT2D eigenvalue weighted by atomic mass is 32.2. The molecule has 1 saturated heterocycles. The minimum absolute atomic E-state index is 0.0799. The number of carboxylic acid groups (broad SMARTS) is 1. The summed E-state index contributed by atoms with van der Waals surface area (Å²) in [5.41, 5.74) is 0.992. The van der Waals surface area contributed by atoms with Gasteiger partial charge in [0.2, 0.25) is 0 Å². The molecule has 0 bridgehead atoms. The molecule has 1 aromatic heterocycles. The number of aliphatic carboxylic acids is 1. The molecule has 27 heavy (non-hydrogen) atoms. The number of rotatable bonds is 5. The highest BCUT2D eigenvalue weighted by Crippen LogP contribution is 2.35. The number of furan rings is 1. The van der Waals surface area contributed by atoms with Crippen LogP contribution in [-0.4, -0.2) is 37.7 Å². The molecule has 8 nitrogen and oxygen atoms in total. The molecule has 0 aliphatic carbocycles. The van der Waals surface area contributed by atoms with E-state index in [4.69, 9.17) is 21.7 Å². The third-order valence-electron chi connectivity index (χ3n) is 3.68. The van der Waals surface area contributed by atoms with Crippen LogP contribution in [0.5, 0.6) is 0 Å². The first-order valence-corrected chi connectivity index (χ1v) is 8.81. The standard InChI is InChI=1S/C17H12N2O6S2/c1-9-2-4-11(12(6-9)19(23)24)13-5-3-10(25-13)7-14-16(22)18(8-15(20)21)17(26)27-14/h2-7H,8H2,1H3,(H,20,21). The molecule has 1 aliphatic heterocycles. The van der Waals surface area contributed by atoms with Crippen molar-refractivity contribution in [3.8, 4) is 11.3 Å². The topological polar surface area (TPSA) is 114 Å². The Hall–Kier alpha value is -2.98. The summed E-state index contributed by atoms with van der Waals surface area (Å²) in [6.45, 7) is 1.24. The number of thiocarbonyl (C=S) groups is 1. The predicted molar refractivity (Wildman–Crippen MR) is 103 cm³/mol. The lowest BCUT2D eigenvalue weighted by Crippen LogP contribution is -2.33. The van der Waals surface area contributed by atoms with Crippen molar-refractivity contribution < 1.29 is 24.0 Å². The SMILES string of the molecule is Cc1ccc(-c2ccc(C=C3SC(=S)N(CC(=O)O)C3=O)o2)c([N+](=O)[O-])c1. The van der Waals surface area contributed by atoms with Gasteiger partial charge in [0.25, 0.3) is 11.6 Å². The van der Waals surface area contributed by atoms with Crippen molar-refractivity contribution in [2.45, 2.75) is 6.92 Å². The first kappa shape index (κ1) is 18.8. The fourth-order valence-corrected chi connectivity index (χ4v) is 3.71. The summed E-state index contributed by atoms with van der Waals surface area (Å²) in [4.78, 5) is 35.1. The second-order valence-corrected chi connectivity index (χ2v) is 7.32. The Morgan fingerprint density at radius 1 is 1.41 bits per heavy atom. The molecule has 1 aliphatic rings. The van der Waals surface area contributed by atoms with Gasteiger partial charge < -0.3 is 9.52 Å². The van der Waals surface area contributed by atoms with Crippen molar-refractivity contribution in [3.63, 3.8) is 0 Å². The lowest BCUT2D eigenvalue weighted by molar-refractivity contribution is -0.384. The normalized spacial score (nSPS) is 15.6. The number of nitro benzene ring substituents is 1. The fourth-order valence-electron chi connectivity index (χ4n) is 2.48. The minimum atomic E-state index is -1.17. The second-order valence-electron chi connectivity index (χ2n) is 5.64. The van der Waals surface area contributed by atoms with Gasteiger partial charge in [0.05, 0.1) is 15.4 Å². The molecule has 1 aromatic carbocycles. The number of amides is 1. The average Bonchev–Trinajstić information content (AvgIpc) is 3.15. The van der Waals surface area contributed by atoms with E-state index in [-0.39, 0.29) is 20.7 Å². The minimum Gasteiger partial charge on any atom is -0.480 e. The van der Waals surface area contributed by atoms with E-state index in [1.807, 2.05) is 0 Å². The smallest absolute Gasteiger partial charge is 0.323 e. The maximum atomic E-state index is 12.3. The molecular formula is C17H12N2O6S2. The van der Waals surface area contributed by atoms with Crippen molar-refractivity contribution in [3.05, 3.63) is 56.7 Å². The number of nitrogens with zero attached hydrogens (tertiary/aromatic N) is 2. The molecule has 0 radical (unpaired) electrons. The van der Waals surface area contributed by atoms with Crippen LogP contribution >= 0.6 is 24.0 Å². The first-order valence-electron chi connectivity index (χ1n) is 7.58. The molecule has 1 amide bonds. The van der Waals surface area contributed by atoms with Gasteiger partial charge in [-0.05, 0) is 30.7 Å². The molecule has 0 saturated carbocycles. The molecule has 1 N–H and O–H groups in total. The Labute approximate surface area is 162 Å². The average molecular weight is 404 g/mol. The summed E-state index contributed by atoms with van der Waals surface area (Å²) in [7, 11) is 0. The van der Waals surface area contributed by atoms with Crippen LogP contribution in [0.2, 0.25) is 0 Å². The number of benzene rings is 1. The number of aryl methyl sites for hydroxylation is 1. The third kappa shape index (κ3) is 3.91. The maximum absolute atomic E-state index is 12.3. The molecule has 2 aromatic rings. The van der Waals surface area contributed by atoms with Gasteiger partial charge in [-0.3, -0.25) is 24.6 Å². The van der Waals surface area contributed by atoms with Crippen LogP contribution in [0.1, 0.15) is 11.3 Å². The number of carbonyl (C=O) groups is 2. The highest BCUT2D eigenvalue weighted by Gasteiger charge is 2.33. The fraction of sp³-hybridized carbons (Fsp3) is 0.118. The molecule has 10 heteroatoms. The monoisotopic (exact) mass is 404 g/mol. The first-order chi connectivity index (χ1) is 12.8. The number of hydrogen-bond donors (Lipinski definition) is 1. The number of thioether (sulfide) groups is 1. The van der Waals surface area contributed by atoms with Crippen molar-refractivity contribution in [2.24, 2.45) is 0 Å². The Kier molecular flexibility index (Phi) is 5.10. The summed E-state index contributed by atoms with van der Waals surface area (Å²) < 4.78 is 5.79. The van der Waals surface area contributed by atoms with E-state index >= 15 is 0 Å². The lowest BCUT2D eigenvalue weighted by Gasteiger charge is -2.09. The van der Waals surface area contributed by atoms with E-state index in [9.17, 15) is 19.7 Å². The summed E-state index contributed by atoms with van der Waals surface area (Å²) in [5, 5.41) is 20.1. The zero-order valence-electron chi connectivity index (χ0n) is 13.9. The van der Waals surface area contributed by atoms with Crippen molar-refractivity contribution >= 4 is 51.9 Å². The van der Waals surface area contributed by atoms with Crippen LogP contribution in [-0.2, 0) is 9.59 Å².